The van der Waals surface area contributed by atoms with E-state index in [0.29, 0.717) is 0 Å². The third kappa shape index (κ3) is 3.76. The van der Waals surface area contributed by atoms with Crippen LogP contribution >= 0.6 is 0 Å². The third-order valence-electron chi connectivity index (χ3n) is 4.20. The summed E-state index contributed by atoms with van der Waals surface area (Å²) in [6.45, 7) is 4.16. The summed E-state index contributed by atoms with van der Waals surface area (Å²) in [5.41, 5.74) is 3.73. The molecular weight excluding hydrogens is 312 g/mol. The number of aromatic nitrogens is 2. The molecule has 1 aromatic heterocycles. The smallest absolute Gasteiger partial charge is 0.219 e. The van der Waals surface area contributed by atoms with Crippen molar-refractivity contribution in [3.63, 3.8) is 0 Å². The molecule has 1 amide bonds. The lowest BCUT2D eigenvalue weighted by atomic mass is 10.1. The van der Waals surface area contributed by atoms with Crippen LogP contribution in [0.2, 0.25) is 0 Å². The first-order valence-electron chi connectivity index (χ1n) is 8.53. The number of carbonyl (C=O) groups is 1. The number of amidine groups is 1. The number of aromatic amines is 1. The van der Waals surface area contributed by atoms with E-state index in [1.54, 1.807) is 11.1 Å². The number of nitrogens with one attached hydrogen (secondary N) is 1. The molecule has 3 aromatic rings. The van der Waals surface area contributed by atoms with E-state index in [-0.39, 0.29) is 0 Å². The third-order valence-corrected chi connectivity index (χ3v) is 4.20. The molecule has 5 nitrogen and oxygen atoms in total. The first-order chi connectivity index (χ1) is 12.2. The van der Waals surface area contributed by atoms with Gasteiger partial charge in [-0.2, -0.15) is 5.10 Å². The fourth-order valence-electron chi connectivity index (χ4n) is 2.74. The van der Waals surface area contributed by atoms with Crippen molar-refractivity contribution in [2.45, 2.75) is 33.1 Å². The van der Waals surface area contributed by atoms with Crippen molar-refractivity contribution in [1.82, 2.24) is 10.2 Å². The molecule has 1 heterocycles. The first-order valence-corrected chi connectivity index (χ1v) is 8.53. The second-order valence-corrected chi connectivity index (χ2v) is 6.04. The Hall–Kier alpha value is -2.95. The largest absolute Gasteiger partial charge is 0.278 e. The van der Waals surface area contributed by atoms with Crippen LogP contribution in [0.15, 0.2) is 53.7 Å². The number of hydrogen-bond acceptors (Lipinski definition) is 3. The Morgan fingerprint density at radius 2 is 2.12 bits per heavy atom. The van der Waals surface area contributed by atoms with Gasteiger partial charge < -0.3 is 0 Å². The Morgan fingerprint density at radius 3 is 2.88 bits per heavy atom. The maximum absolute atomic E-state index is 11.9. The number of H-pyrrole nitrogens is 1. The van der Waals surface area contributed by atoms with E-state index >= 15 is 0 Å². The highest BCUT2D eigenvalue weighted by Crippen LogP contribution is 2.24. The lowest BCUT2D eigenvalue weighted by Gasteiger charge is -2.20. The Labute approximate surface area is 147 Å². The van der Waals surface area contributed by atoms with Gasteiger partial charge in [0.1, 0.15) is 5.84 Å². The standard InChI is InChI=1S/C20H22N4O/c1-3-4-9-20(22-18-8-6-5-7-15(18)2)24(14-25)17-10-11-19-16(12-17)13-21-23-19/h5-8,10-14H,3-4,9H2,1-2H3,(H,21,23). The number of carbonyl (C=O) groups excluding carboxylic acids is 1. The highest BCUT2D eigenvalue weighted by atomic mass is 16.1. The molecule has 2 aromatic carbocycles. The second-order valence-electron chi connectivity index (χ2n) is 6.04. The van der Waals surface area contributed by atoms with Crippen molar-refractivity contribution in [3.8, 4) is 0 Å². The van der Waals surface area contributed by atoms with Crippen molar-refractivity contribution in [2.24, 2.45) is 4.99 Å². The quantitative estimate of drug-likeness (QED) is 0.401. The van der Waals surface area contributed by atoms with E-state index in [1.165, 1.54) is 0 Å². The molecule has 0 saturated heterocycles. The SMILES string of the molecule is CCCCC(=Nc1ccccc1C)N(C=O)c1ccc2[nH]ncc2c1. The summed E-state index contributed by atoms with van der Waals surface area (Å²) in [4.78, 5) is 18.3. The maximum Gasteiger partial charge on any atom is 0.219 e. The van der Waals surface area contributed by atoms with Gasteiger partial charge in [-0.25, -0.2) is 4.99 Å². The minimum atomic E-state index is 0.743. The van der Waals surface area contributed by atoms with Gasteiger partial charge in [0.05, 0.1) is 23.1 Å². The number of benzene rings is 2. The molecule has 0 spiro atoms. The molecule has 3 rings (SSSR count). The van der Waals surface area contributed by atoms with E-state index in [2.05, 4.69) is 17.1 Å². The summed E-state index contributed by atoms with van der Waals surface area (Å²) in [6, 6.07) is 13.7. The molecule has 0 aliphatic rings. The van der Waals surface area contributed by atoms with Gasteiger partial charge in [-0.1, -0.05) is 31.5 Å². The number of anilines is 1. The average Bonchev–Trinajstić information content (AvgIpc) is 3.09. The van der Waals surface area contributed by atoms with Crippen LogP contribution in [0.5, 0.6) is 0 Å². The van der Waals surface area contributed by atoms with Gasteiger partial charge in [0.25, 0.3) is 0 Å². The number of hydrogen-bond donors (Lipinski definition) is 1. The first kappa shape index (κ1) is 16.9. The molecule has 1 N–H and O–H groups in total. The van der Waals surface area contributed by atoms with Gasteiger partial charge >= 0.3 is 0 Å². The Balaban J connectivity index is 2.02. The number of unbranched alkanes of at least 4 members (excludes halogenated alkanes) is 1. The van der Waals surface area contributed by atoms with Crippen LogP contribution < -0.4 is 4.90 Å². The van der Waals surface area contributed by atoms with Gasteiger partial charge in [0.2, 0.25) is 6.41 Å². The van der Waals surface area contributed by atoms with Crippen molar-refractivity contribution in [3.05, 3.63) is 54.2 Å². The van der Waals surface area contributed by atoms with Gasteiger partial charge in [0.15, 0.2) is 0 Å². The predicted molar refractivity (Wildman–Crippen MR) is 102 cm³/mol. The summed E-state index contributed by atoms with van der Waals surface area (Å²) in [6.07, 6.45) is 5.36. The van der Waals surface area contributed by atoms with E-state index in [0.717, 1.165) is 59.3 Å². The van der Waals surface area contributed by atoms with E-state index in [9.17, 15) is 4.79 Å². The lowest BCUT2D eigenvalue weighted by Crippen LogP contribution is -2.29. The van der Waals surface area contributed by atoms with Crippen LogP contribution in [-0.4, -0.2) is 22.4 Å². The predicted octanol–water partition coefficient (Wildman–Crippen LogP) is 4.75. The molecule has 128 valence electrons. The second kappa shape index (κ2) is 7.75. The summed E-state index contributed by atoms with van der Waals surface area (Å²) in [5.74, 6) is 0.758. The number of amides is 1. The number of aliphatic imine (C=N–C) groups is 1. The summed E-state index contributed by atoms with van der Waals surface area (Å²) in [5, 5.41) is 7.93. The topological polar surface area (TPSA) is 61.4 Å². The van der Waals surface area contributed by atoms with Crippen molar-refractivity contribution < 1.29 is 4.79 Å². The van der Waals surface area contributed by atoms with Crippen LogP contribution in [0.3, 0.4) is 0 Å². The van der Waals surface area contributed by atoms with Gasteiger partial charge in [-0.05, 0) is 43.2 Å². The van der Waals surface area contributed by atoms with Crippen LogP contribution in [-0.2, 0) is 4.79 Å². The van der Waals surface area contributed by atoms with E-state index < -0.39 is 0 Å². The lowest BCUT2D eigenvalue weighted by molar-refractivity contribution is -0.106. The molecule has 0 radical (unpaired) electrons. The summed E-state index contributed by atoms with van der Waals surface area (Å²) < 4.78 is 0. The van der Waals surface area contributed by atoms with Crippen molar-refractivity contribution in [1.29, 1.82) is 0 Å². The zero-order valence-electron chi connectivity index (χ0n) is 14.6. The van der Waals surface area contributed by atoms with Crippen LogP contribution in [0.1, 0.15) is 31.7 Å². The molecule has 0 fully saturated rings. The maximum atomic E-state index is 11.9. The number of rotatable bonds is 6. The zero-order chi connectivity index (χ0) is 17.6. The fourth-order valence-corrected chi connectivity index (χ4v) is 2.74. The number of fused-ring (bicyclic) bond motifs is 1. The van der Waals surface area contributed by atoms with E-state index in [1.807, 2.05) is 49.4 Å². The molecule has 0 saturated carbocycles. The Morgan fingerprint density at radius 1 is 1.28 bits per heavy atom. The van der Waals surface area contributed by atoms with Crippen LogP contribution in [0.4, 0.5) is 11.4 Å². The molecule has 0 bridgehead atoms. The Bertz CT molecular complexity index is 897. The average molecular weight is 334 g/mol. The van der Waals surface area contributed by atoms with Gasteiger partial charge in [0, 0.05) is 11.8 Å². The molecule has 0 atom stereocenters. The van der Waals surface area contributed by atoms with Crippen molar-refractivity contribution >= 4 is 34.5 Å². The normalized spacial score (nSPS) is 11.7. The van der Waals surface area contributed by atoms with Gasteiger partial charge in [-0.3, -0.25) is 14.8 Å². The monoisotopic (exact) mass is 334 g/mol. The minimum Gasteiger partial charge on any atom is -0.278 e. The van der Waals surface area contributed by atoms with Crippen LogP contribution in [0.25, 0.3) is 10.9 Å². The molecule has 25 heavy (non-hydrogen) atoms. The van der Waals surface area contributed by atoms with Crippen LogP contribution in [0, 0.1) is 6.92 Å². The fraction of sp³-hybridized carbons (Fsp3) is 0.250. The molecule has 0 unspecified atom stereocenters. The number of para-hydroxylation sites is 1. The molecule has 5 heteroatoms. The molecular formula is C20H22N4O. The highest BCUT2D eigenvalue weighted by Gasteiger charge is 2.14. The number of nitrogens with zero attached hydrogens (tertiary/aromatic N) is 3. The number of aryl methyl sites for hydroxylation is 1. The zero-order valence-corrected chi connectivity index (χ0v) is 14.6. The molecule has 0 aliphatic carbocycles. The Kier molecular flexibility index (Phi) is 5.23. The highest BCUT2D eigenvalue weighted by molar-refractivity contribution is 6.11. The summed E-state index contributed by atoms with van der Waals surface area (Å²) in [7, 11) is 0. The molecule has 0 aliphatic heterocycles. The minimum absolute atomic E-state index is 0.743. The summed E-state index contributed by atoms with van der Waals surface area (Å²) >= 11 is 0. The van der Waals surface area contributed by atoms with Gasteiger partial charge in [-0.15, -0.1) is 0 Å². The van der Waals surface area contributed by atoms with Crippen molar-refractivity contribution in [2.75, 3.05) is 4.90 Å². The van der Waals surface area contributed by atoms with E-state index in [4.69, 9.17) is 4.99 Å².